The molecule has 0 unspecified atom stereocenters. The fourth-order valence-corrected chi connectivity index (χ4v) is 1.81. The number of rotatable bonds is 5. The summed E-state index contributed by atoms with van der Waals surface area (Å²) in [6, 6.07) is 11.4. The summed E-state index contributed by atoms with van der Waals surface area (Å²) in [7, 11) is 1.11. The van der Waals surface area contributed by atoms with Crippen LogP contribution in [0.5, 0.6) is 5.75 Å². The Labute approximate surface area is 151 Å². The average Bonchev–Trinajstić information content (AvgIpc) is 2.63. The van der Waals surface area contributed by atoms with E-state index in [1.807, 2.05) is 0 Å². The Kier molecular flexibility index (Phi) is 8.50. The Morgan fingerprint density at radius 3 is 2.11 bits per heavy atom. The van der Waals surface area contributed by atoms with E-state index in [0.29, 0.717) is 11.6 Å². The zero-order chi connectivity index (χ0) is 20.4. The van der Waals surface area contributed by atoms with Crippen molar-refractivity contribution in [2.24, 2.45) is 0 Å². The Hall–Kier alpha value is -3.36. The van der Waals surface area contributed by atoms with Crippen molar-refractivity contribution in [1.29, 1.82) is 0 Å². The molecule has 0 saturated carbocycles. The Bertz CT molecular complexity index is 803. The molecule has 2 aromatic rings. The van der Waals surface area contributed by atoms with Crippen molar-refractivity contribution in [2.75, 3.05) is 7.11 Å². The van der Waals surface area contributed by atoms with Gasteiger partial charge in [-0.15, -0.1) is 0 Å². The second kappa shape index (κ2) is 10.6. The highest BCUT2D eigenvalue weighted by Gasteiger charge is 2.13. The summed E-state index contributed by atoms with van der Waals surface area (Å²) in [5, 5.41) is 8.38. The minimum absolute atomic E-state index is 0.0494. The van der Waals surface area contributed by atoms with E-state index in [2.05, 4.69) is 9.47 Å². The standard InChI is InChI=1S/C11H8F4O3.C7H6O2/c1-17-10(16)6-2-3-8(18-11(14)15)7(4-6)5-9(12)13;8-7(9)6-4-2-1-3-5-6/h2-5,11H,1H3;1-5H,(H,8,9). The lowest BCUT2D eigenvalue weighted by Gasteiger charge is -2.09. The fourth-order valence-electron chi connectivity index (χ4n) is 1.81. The van der Waals surface area contributed by atoms with E-state index in [4.69, 9.17) is 5.11 Å². The number of hydrogen-bond acceptors (Lipinski definition) is 4. The molecule has 0 fully saturated rings. The van der Waals surface area contributed by atoms with E-state index in [0.717, 1.165) is 25.3 Å². The van der Waals surface area contributed by atoms with Crippen LogP contribution in [0.4, 0.5) is 17.6 Å². The molecule has 1 N–H and O–H groups in total. The molecule has 0 aliphatic heterocycles. The summed E-state index contributed by atoms with van der Waals surface area (Å²) in [4.78, 5) is 21.4. The maximum absolute atomic E-state index is 12.2. The number of ether oxygens (including phenoxy) is 2. The molecular weight excluding hydrogens is 372 g/mol. The molecule has 0 spiro atoms. The van der Waals surface area contributed by atoms with Gasteiger partial charge in [-0.1, -0.05) is 18.2 Å². The molecule has 0 bridgehead atoms. The summed E-state index contributed by atoms with van der Waals surface area (Å²) >= 11 is 0. The summed E-state index contributed by atoms with van der Waals surface area (Å²) in [6.45, 7) is -3.15. The predicted octanol–water partition coefficient (Wildman–Crippen LogP) is 4.70. The monoisotopic (exact) mass is 386 g/mol. The quantitative estimate of drug-likeness (QED) is 0.596. The molecule has 27 heavy (non-hydrogen) atoms. The first-order valence-electron chi connectivity index (χ1n) is 7.22. The SMILES string of the molecule is COC(=O)c1ccc(OC(F)F)c(C=C(F)F)c1.O=C(O)c1ccccc1. The summed E-state index contributed by atoms with van der Waals surface area (Å²) in [5.74, 6) is -2.10. The van der Waals surface area contributed by atoms with Crippen LogP contribution in [0, 0.1) is 0 Å². The molecule has 2 rings (SSSR count). The number of aromatic carboxylic acids is 1. The molecule has 0 aromatic heterocycles. The van der Waals surface area contributed by atoms with Gasteiger partial charge in [0.15, 0.2) is 0 Å². The van der Waals surface area contributed by atoms with Gasteiger partial charge in [0.05, 0.1) is 18.2 Å². The number of methoxy groups -OCH3 is 1. The van der Waals surface area contributed by atoms with Crippen molar-refractivity contribution in [1.82, 2.24) is 0 Å². The zero-order valence-electron chi connectivity index (χ0n) is 13.9. The van der Waals surface area contributed by atoms with Crippen LogP contribution in [0.2, 0.25) is 0 Å². The Balaban J connectivity index is 0.000000337. The molecule has 0 radical (unpaired) electrons. The van der Waals surface area contributed by atoms with Crippen LogP contribution in [-0.2, 0) is 4.74 Å². The Morgan fingerprint density at radius 2 is 1.67 bits per heavy atom. The summed E-state index contributed by atoms with van der Waals surface area (Å²) < 4.78 is 56.8. The van der Waals surface area contributed by atoms with Crippen molar-refractivity contribution in [3.05, 3.63) is 71.3 Å². The number of hydrogen-bond donors (Lipinski definition) is 1. The molecule has 144 valence electrons. The highest BCUT2D eigenvalue weighted by Crippen LogP contribution is 2.25. The lowest BCUT2D eigenvalue weighted by molar-refractivity contribution is -0.0500. The highest BCUT2D eigenvalue weighted by molar-refractivity contribution is 5.90. The van der Waals surface area contributed by atoms with Gasteiger partial charge < -0.3 is 14.6 Å². The molecule has 2 aromatic carbocycles. The number of esters is 1. The number of carboxylic acid groups (broad SMARTS) is 1. The lowest BCUT2D eigenvalue weighted by Crippen LogP contribution is -2.06. The van der Waals surface area contributed by atoms with Crippen LogP contribution in [0.25, 0.3) is 6.08 Å². The predicted molar refractivity (Wildman–Crippen MR) is 88.0 cm³/mol. The van der Waals surface area contributed by atoms with Gasteiger partial charge in [0.2, 0.25) is 0 Å². The molecule has 9 heteroatoms. The fraction of sp³-hybridized carbons (Fsp3) is 0.111. The molecule has 0 amide bonds. The first-order valence-corrected chi connectivity index (χ1v) is 7.22. The topological polar surface area (TPSA) is 72.8 Å². The minimum atomic E-state index is -3.15. The third-order valence-corrected chi connectivity index (χ3v) is 2.93. The molecule has 0 aliphatic rings. The average molecular weight is 386 g/mol. The van der Waals surface area contributed by atoms with Crippen LogP contribution in [0.3, 0.4) is 0 Å². The molecule has 5 nitrogen and oxygen atoms in total. The van der Waals surface area contributed by atoms with E-state index < -0.39 is 30.4 Å². The van der Waals surface area contributed by atoms with Gasteiger partial charge in [-0.25, -0.2) is 9.59 Å². The molecule has 0 aliphatic carbocycles. The third-order valence-electron chi connectivity index (χ3n) is 2.93. The normalized spacial score (nSPS) is 9.70. The molecule has 0 saturated heterocycles. The number of carbonyl (C=O) groups is 2. The first-order chi connectivity index (χ1) is 12.7. The van der Waals surface area contributed by atoms with Gasteiger partial charge in [0.25, 0.3) is 6.08 Å². The van der Waals surface area contributed by atoms with Gasteiger partial charge in [-0.05, 0) is 30.3 Å². The number of alkyl halides is 2. The number of benzene rings is 2. The molecule has 0 heterocycles. The number of halogens is 4. The van der Waals surface area contributed by atoms with E-state index in [1.54, 1.807) is 30.3 Å². The summed E-state index contributed by atoms with van der Waals surface area (Å²) in [6.07, 6.45) is -1.78. The van der Waals surface area contributed by atoms with Crippen molar-refractivity contribution in [2.45, 2.75) is 6.61 Å². The van der Waals surface area contributed by atoms with Crippen LogP contribution in [-0.4, -0.2) is 30.8 Å². The Morgan fingerprint density at radius 1 is 1.04 bits per heavy atom. The van der Waals surface area contributed by atoms with Crippen molar-refractivity contribution in [3.63, 3.8) is 0 Å². The summed E-state index contributed by atoms with van der Waals surface area (Å²) in [5.41, 5.74) is -0.0534. The molecule has 0 atom stereocenters. The van der Waals surface area contributed by atoms with Crippen molar-refractivity contribution >= 4 is 18.0 Å². The maximum atomic E-state index is 12.2. The van der Waals surface area contributed by atoms with Crippen LogP contribution in [0.1, 0.15) is 26.3 Å². The zero-order valence-corrected chi connectivity index (χ0v) is 13.9. The van der Waals surface area contributed by atoms with Crippen LogP contribution in [0.15, 0.2) is 54.6 Å². The third kappa shape index (κ3) is 7.59. The van der Waals surface area contributed by atoms with Gasteiger partial charge in [0.1, 0.15) is 5.75 Å². The van der Waals surface area contributed by atoms with Crippen molar-refractivity contribution < 1.29 is 41.7 Å². The second-order valence-electron chi connectivity index (χ2n) is 4.73. The van der Waals surface area contributed by atoms with Gasteiger partial charge in [-0.3, -0.25) is 0 Å². The first kappa shape index (κ1) is 21.7. The van der Waals surface area contributed by atoms with E-state index in [1.165, 1.54) is 0 Å². The number of carboxylic acids is 1. The minimum Gasteiger partial charge on any atom is -0.478 e. The highest BCUT2D eigenvalue weighted by atomic mass is 19.3. The van der Waals surface area contributed by atoms with Crippen LogP contribution < -0.4 is 4.74 Å². The van der Waals surface area contributed by atoms with E-state index >= 15 is 0 Å². The van der Waals surface area contributed by atoms with Gasteiger partial charge in [0, 0.05) is 11.6 Å². The second-order valence-corrected chi connectivity index (χ2v) is 4.73. The number of carbonyl (C=O) groups excluding carboxylic acids is 1. The van der Waals surface area contributed by atoms with Gasteiger partial charge in [-0.2, -0.15) is 17.6 Å². The molecular formula is C18H14F4O5. The lowest BCUT2D eigenvalue weighted by atomic mass is 10.1. The van der Waals surface area contributed by atoms with E-state index in [-0.39, 0.29) is 11.1 Å². The smallest absolute Gasteiger partial charge is 0.387 e. The van der Waals surface area contributed by atoms with Crippen molar-refractivity contribution in [3.8, 4) is 5.75 Å². The van der Waals surface area contributed by atoms with Crippen LogP contribution >= 0.6 is 0 Å². The largest absolute Gasteiger partial charge is 0.478 e. The van der Waals surface area contributed by atoms with Gasteiger partial charge >= 0.3 is 18.6 Å². The maximum Gasteiger partial charge on any atom is 0.387 e. The van der Waals surface area contributed by atoms with E-state index in [9.17, 15) is 27.2 Å².